The van der Waals surface area contributed by atoms with Gasteiger partial charge < -0.3 is 29.7 Å². The number of methoxy groups -OCH3 is 2. The van der Waals surface area contributed by atoms with Crippen LogP contribution < -0.4 is 20.1 Å². The van der Waals surface area contributed by atoms with Gasteiger partial charge in [0.2, 0.25) is 17.7 Å². The van der Waals surface area contributed by atoms with Crippen LogP contribution in [-0.2, 0) is 25.5 Å². The summed E-state index contributed by atoms with van der Waals surface area (Å²) in [6.07, 6.45) is 3.37. The highest BCUT2D eigenvalue weighted by atomic mass is 16.5. The number of nitrogens with one attached hydrogen (secondary N) is 2. The fraction of sp³-hybridized carbons (Fsp3) is 0.640. The van der Waals surface area contributed by atoms with Crippen LogP contribution in [0.15, 0.2) is 18.2 Å². The largest absolute Gasteiger partial charge is 0.493 e. The molecule has 9 heteroatoms. The normalized spacial score (nSPS) is 25.2. The van der Waals surface area contributed by atoms with Crippen LogP contribution in [0.3, 0.4) is 0 Å². The summed E-state index contributed by atoms with van der Waals surface area (Å²) in [5, 5.41) is 6.10. The zero-order valence-corrected chi connectivity index (χ0v) is 20.0. The molecule has 1 aromatic rings. The quantitative estimate of drug-likeness (QED) is 0.615. The minimum atomic E-state index is -0.168. The summed E-state index contributed by atoms with van der Waals surface area (Å²) >= 11 is 0. The van der Waals surface area contributed by atoms with Crippen LogP contribution in [0.4, 0.5) is 0 Å². The highest BCUT2D eigenvalue weighted by Gasteiger charge is 2.42. The number of carbonyl (C=O) groups excluding carboxylic acids is 3. The van der Waals surface area contributed by atoms with Gasteiger partial charge in [0.15, 0.2) is 11.5 Å². The predicted octanol–water partition coefficient (Wildman–Crippen LogP) is 1.14. The molecule has 4 rings (SSSR count). The summed E-state index contributed by atoms with van der Waals surface area (Å²) in [7, 11) is 3.20. The first-order chi connectivity index (χ1) is 16.5. The minimum Gasteiger partial charge on any atom is -0.493 e. The predicted molar refractivity (Wildman–Crippen MR) is 125 cm³/mol. The van der Waals surface area contributed by atoms with Gasteiger partial charge in [-0.3, -0.25) is 14.4 Å². The third-order valence-corrected chi connectivity index (χ3v) is 7.24. The molecule has 1 aromatic carbocycles. The van der Waals surface area contributed by atoms with Gasteiger partial charge in [0.25, 0.3) is 0 Å². The Bertz CT molecular complexity index is 901. The molecule has 2 aliphatic heterocycles. The number of rotatable bonds is 7. The van der Waals surface area contributed by atoms with Crippen LogP contribution in [0, 0.1) is 17.8 Å². The van der Waals surface area contributed by atoms with Crippen molar-refractivity contribution in [2.45, 2.75) is 38.1 Å². The van der Waals surface area contributed by atoms with Crippen LogP contribution in [0.1, 0.15) is 31.2 Å². The number of hydrogen-bond acceptors (Lipinski definition) is 6. The summed E-state index contributed by atoms with van der Waals surface area (Å²) in [5.41, 5.74) is 1.05. The third kappa shape index (κ3) is 5.63. The summed E-state index contributed by atoms with van der Waals surface area (Å²) < 4.78 is 16.0. The molecule has 3 amide bonds. The molecule has 2 heterocycles. The topological polar surface area (TPSA) is 106 Å². The van der Waals surface area contributed by atoms with E-state index in [9.17, 15) is 14.4 Å². The van der Waals surface area contributed by atoms with Gasteiger partial charge in [-0.25, -0.2) is 0 Å². The fourth-order valence-corrected chi connectivity index (χ4v) is 5.37. The van der Waals surface area contributed by atoms with Crippen molar-refractivity contribution in [2.24, 2.45) is 17.8 Å². The molecule has 9 nitrogen and oxygen atoms in total. The Balaban J connectivity index is 1.29. The Morgan fingerprint density at radius 3 is 2.62 bits per heavy atom. The molecule has 0 aromatic heterocycles. The highest BCUT2D eigenvalue weighted by molar-refractivity contribution is 5.87. The summed E-state index contributed by atoms with van der Waals surface area (Å²) in [6.45, 7) is 2.32. The van der Waals surface area contributed by atoms with Crippen molar-refractivity contribution in [2.75, 3.05) is 47.1 Å². The molecule has 0 radical (unpaired) electrons. The second kappa shape index (κ2) is 11.1. The third-order valence-electron chi connectivity index (χ3n) is 7.24. The van der Waals surface area contributed by atoms with Crippen LogP contribution in [0.2, 0.25) is 0 Å². The van der Waals surface area contributed by atoms with E-state index in [1.807, 2.05) is 18.2 Å². The average Bonchev–Trinajstić information content (AvgIpc) is 3.18. The van der Waals surface area contributed by atoms with Gasteiger partial charge in [0.05, 0.1) is 20.8 Å². The lowest BCUT2D eigenvalue weighted by molar-refractivity contribution is -0.141. The van der Waals surface area contributed by atoms with E-state index in [0.29, 0.717) is 69.9 Å². The van der Waals surface area contributed by atoms with Crippen molar-refractivity contribution in [1.29, 1.82) is 0 Å². The Morgan fingerprint density at radius 2 is 1.88 bits per heavy atom. The average molecular weight is 474 g/mol. The number of amides is 3. The maximum atomic E-state index is 13.0. The molecule has 34 heavy (non-hydrogen) atoms. The SMILES string of the molecule is COc1ccc(CCNC(=O)[C@H]2C[C@@H]3CN(C(=O)C4CCOCC4)CC(=O)N[C@@H]3C2)cc1OC. The molecule has 1 saturated carbocycles. The second-order valence-corrected chi connectivity index (χ2v) is 9.44. The van der Waals surface area contributed by atoms with Gasteiger partial charge in [-0.1, -0.05) is 6.07 Å². The van der Waals surface area contributed by atoms with E-state index in [-0.39, 0.29) is 48.1 Å². The molecule has 3 atom stereocenters. The monoisotopic (exact) mass is 473 g/mol. The lowest BCUT2D eigenvalue weighted by Gasteiger charge is -2.29. The van der Waals surface area contributed by atoms with Gasteiger partial charge in [0, 0.05) is 44.2 Å². The van der Waals surface area contributed by atoms with Crippen LogP contribution in [0.25, 0.3) is 0 Å². The molecular formula is C25H35N3O6. The van der Waals surface area contributed by atoms with E-state index in [2.05, 4.69) is 10.6 Å². The standard InChI is InChI=1S/C25H35N3O6/c1-32-21-4-3-16(11-22(21)33-2)5-8-26-24(30)18-12-19-14-28(15-23(29)27-20(19)13-18)25(31)17-6-9-34-10-7-17/h3-4,11,17-20H,5-10,12-15H2,1-2H3,(H,26,30)(H,27,29)/t18-,19+,20+/m0/s1. The molecule has 0 unspecified atom stereocenters. The van der Waals surface area contributed by atoms with E-state index in [0.717, 1.165) is 5.56 Å². The molecule has 0 bridgehead atoms. The Hall–Kier alpha value is -2.81. The zero-order valence-electron chi connectivity index (χ0n) is 20.0. The molecule has 3 fully saturated rings. The van der Waals surface area contributed by atoms with Crippen LogP contribution >= 0.6 is 0 Å². The molecule has 2 N–H and O–H groups in total. The Morgan fingerprint density at radius 1 is 1.12 bits per heavy atom. The molecule has 3 aliphatic rings. The number of hydrogen-bond donors (Lipinski definition) is 2. The van der Waals surface area contributed by atoms with Crippen molar-refractivity contribution in [3.63, 3.8) is 0 Å². The van der Waals surface area contributed by atoms with Gasteiger partial charge in [0.1, 0.15) is 0 Å². The van der Waals surface area contributed by atoms with E-state index in [1.165, 1.54) is 0 Å². The number of fused-ring (bicyclic) bond motifs is 1. The van der Waals surface area contributed by atoms with Gasteiger partial charge in [-0.15, -0.1) is 0 Å². The van der Waals surface area contributed by atoms with E-state index in [4.69, 9.17) is 14.2 Å². The number of ether oxygens (including phenoxy) is 3. The van der Waals surface area contributed by atoms with Gasteiger partial charge in [-0.05, 0) is 55.7 Å². The molecule has 1 aliphatic carbocycles. The summed E-state index contributed by atoms with van der Waals surface area (Å²) in [6, 6.07) is 5.66. The van der Waals surface area contributed by atoms with Gasteiger partial charge in [-0.2, -0.15) is 0 Å². The number of carbonyl (C=O) groups is 3. The Kier molecular flexibility index (Phi) is 7.92. The van der Waals surface area contributed by atoms with E-state index >= 15 is 0 Å². The number of nitrogens with zero attached hydrogens (tertiary/aromatic N) is 1. The first-order valence-corrected chi connectivity index (χ1v) is 12.1. The van der Waals surface area contributed by atoms with Crippen LogP contribution in [-0.4, -0.2) is 75.7 Å². The van der Waals surface area contributed by atoms with Crippen molar-refractivity contribution in [3.05, 3.63) is 23.8 Å². The van der Waals surface area contributed by atoms with Crippen molar-refractivity contribution >= 4 is 17.7 Å². The van der Waals surface area contributed by atoms with E-state index in [1.54, 1.807) is 19.1 Å². The first-order valence-electron chi connectivity index (χ1n) is 12.1. The van der Waals surface area contributed by atoms with Crippen molar-refractivity contribution in [3.8, 4) is 11.5 Å². The van der Waals surface area contributed by atoms with Crippen LogP contribution in [0.5, 0.6) is 11.5 Å². The maximum absolute atomic E-state index is 13.0. The maximum Gasteiger partial charge on any atom is 0.239 e. The minimum absolute atomic E-state index is 0.00473. The Labute approximate surface area is 200 Å². The van der Waals surface area contributed by atoms with Crippen molar-refractivity contribution < 1.29 is 28.6 Å². The number of benzene rings is 1. The summed E-state index contributed by atoms with van der Waals surface area (Å²) in [4.78, 5) is 40.1. The lowest BCUT2D eigenvalue weighted by atomic mass is 9.97. The molecule has 0 spiro atoms. The van der Waals surface area contributed by atoms with E-state index < -0.39 is 0 Å². The smallest absolute Gasteiger partial charge is 0.239 e. The highest BCUT2D eigenvalue weighted by Crippen LogP contribution is 2.34. The molecule has 2 saturated heterocycles. The van der Waals surface area contributed by atoms with Crippen molar-refractivity contribution in [1.82, 2.24) is 15.5 Å². The molecular weight excluding hydrogens is 438 g/mol. The van der Waals surface area contributed by atoms with Gasteiger partial charge >= 0.3 is 0 Å². The fourth-order valence-electron chi connectivity index (χ4n) is 5.37. The summed E-state index contributed by atoms with van der Waals surface area (Å²) in [5.74, 6) is 1.10. The first kappa shape index (κ1) is 24.3. The molecule has 186 valence electrons. The lowest BCUT2D eigenvalue weighted by Crippen LogP contribution is -2.43. The zero-order chi connectivity index (χ0) is 24.1. The second-order valence-electron chi connectivity index (χ2n) is 9.44.